The molecule has 1 amide bonds. The van der Waals surface area contributed by atoms with Crippen LogP contribution in [0.4, 0.5) is 4.39 Å². The number of carboxylic acid groups (broad SMARTS) is 1. The standard InChI is InChI=1S/C13H15BrFNO3/c1-13(2,3)10(12(18)19)16-11(17)9-7(14)5-4-6-8(9)15/h4-6,10H,1-3H3,(H,16,17)(H,18,19). The predicted octanol–water partition coefficient (Wildman–Crippen LogP) is 2.82. The van der Waals surface area contributed by atoms with E-state index in [1.165, 1.54) is 12.1 Å². The van der Waals surface area contributed by atoms with E-state index in [9.17, 15) is 14.0 Å². The molecule has 1 aromatic carbocycles. The van der Waals surface area contributed by atoms with E-state index < -0.39 is 29.2 Å². The lowest BCUT2D eigenvalue weighted by Crippen LogP contribution is -2.49. The van der Waals surface area contributed by atoms with Gasteiger partial charge < -0.3 is 10.4 Å². The van der Waals surface area contributed by atoms with Crippen molar-refractivity contribution in [2.75, 3.05) is 0 Å². The number of rotatable bonds is 3. The fourth-order valence-corrected chi connectivity index (χ4v) is 2.09. The number of hydrogen-bond donors (Lipinski definition) is 2. The summed E-state index contributed by atoms with van der Waals surface area (Å²) in [7, 11) is 0. The summed E-state index contributed by atoms with van der Waals surface area (Å²) < 4.78 is 13.9. The predicted molar refractivity (Wildman–Crippen MR) is 72.4 cm³/mol. The van der Waals surface area contributed by atoms with Gasteiger partial charge in [0.15, 0.2) is 0 Å². The quantitative estimate of drug-likeness (QED) is 0.894. The Bertz CT molecular complexity index is 491. The Morgan fingerprint density at radius 3 is 2.37 bits per heavy atom. The van der Waals surface area contributed by atoms with Crippen molar-refractivity contribution < 1.29 is 19.1 Å². The first-order chi connectivity index (χ1) is 8.64. The topological polar surface area (TPSA) is 66.4 Å². The van der Waals surface area contributed by atoms with Gasteiger partial charge in [0.05, 0.1) is 5.56 Å². The lowest BCUT2D eigenvalue weighted by Gasteiger charge is -2.27. The molecular formula is C13H15BrFNO3. The van der Waals surface area contributed by atoms with E-state index in [4.69, 9.17) is 5.11 Å². The molecule has 0 aromatic heterocycles. The zero-order valence-electron chi connectivity index (χ0n) is 10.8. The van der Waals surface area contributed by atoms with Crippen molar-refractivity contribution in [2.45, 2.75) is 26.8 Å². The number of amides is 1. The highest BCUT2D eigenvalue weighted by Gasteiger charge is 2.33. The van der Waals surface area contributed by atoms with Gasteiger partial charge in [0, 0.05) is 4.47 Å². The largest absolute Gasteiger partial charge is 0.480 e. The average Bonchev–Trinajstić information content (AvgIpc) is 2.23. The summed E-state index contributed by atoms with van der Waals surface area (Å²) in [5.41, 5.74) is -0.878. The number of nitrogens with one attached hydrogen (secondary N) is 1. The van der Waals surface area contributed by atoms with E-state index in [1.807, 2.05) is 0 Å². The van der Waals surface area contributed by atoms with Gasteiger partial charge >= 0.3 is 5.97 Å². The lowest BCUT2D eigenvalue weighted by molar-refractivity contribution is -0.142. The van der Waals surface area contributed by atoms with Gasteiger partial charge in [-0.05, 0) is 33.5 Å². The smallest absolute Gasteiger partial charge is 0.326 e. The number of carboxylic acids is 1. The first-order valence-corrected chi connectivity index (χ1v) is 6.41. The van der Waals surface area contributed by atoms with Crippen LogP contribution in [0.5, 0.6) is 0 Å². The maximum Gasteiger partial charge on any atom is 0.326 e. The monoisotopic (exact) mass is 331 g/mol. The molecule has 0 aliphatic carbocycles. The van der Waals surface area contributed by atoms with Crippen molar-refractivity contribution >= 4 is 27.8 Å². The van der Waals surface area contributed by atoms with Crippen molar-refractivity contribution in [3.05, 3.63) is 34.1 Å². The summed E-state index contributed by atoms with van der Waals surface area (Å²) in [4.78, 5) is 23.2. The summed E-state index contributed by atoms with van der Waals surface area (Å²) >= 11 is 3.08. The molecule has 0 heterocycles. The zero-order valence-corrected chi connectivity index (χ0v) is 12.4. The molecule has 0 radical (unpaired) electrons. The molecule has 0 saturated carbocycles. The molecule has 0 aliphatic heterocycles. The maximum atomic E-state index is 13.6. The third-order valence-electron chi connectivity index (χ3n) is 2.58. The Hall–Kier alpha value is -1.43. The summed E-state index contributed by atoms with van der Waals surface area (Å²) in [6.45, 7) is 5.05. The van der Waals surface area contributed by atoms with Gasteiger partial charge in [0.1, 0.15) is 11.9 Å². The Balaban J connectivity index is 3.05. The number of carbonyl (C=O) groups is 2. The molecule has 1 rings (SSSR count). The van der Waals surface area contributed by atoms with Crippen molar-refractivity contribution in [3.63, 3.8) is 0 Å². The Morgan fingerprint density at radius 2 is 1.95 bits per heavy atom. The molecule has 104 valence electrons. The van der Waals surface area contributed by atoms with Crippen LogP contribution in [0.2, 0.25) is 0 Å². The third kappa shape index (κ3) is 3.76. The Kier molecular flexibility index (Phi) is 4.68. The molecule has 1 aromatic rings. The number of carbonyl (C=O) groups excluding carboxylic acids is 1. The number of halogens is 2. The molecule has 4 nitrogen and oxygen atoms in total. The average molecular weight is 332 g/mol. The van der Waals surface area contributed by atoms with Crippen LogP contribution in [0.1, 0.15) is 31.1 Å². The van der Waals surface area contributed by atoms with Gasteiger partial charge in [0.25, 0.3) is 5.91 Å². The van der Waals surface area contributed by atoms with Crippen LogP contribution in [0, 0.1) is 11.2 Å². The first kappa shape index (κ1) is 15.6. The van der Waals surface area contributed by atoms with Gasteiger partial charge in [0.2, 0.25) is 0 Å². The van der Waals surface area contributed by atoms with Crippen molar-refractivity contribution in [3.8, 4) is 0 Å². The summed E-state index contributed by atoms with van der Waals surface area (Å²) in [5, 5.41) is 11.5. The van der Waals surface area contributed by atoms with Crippen LogP contribution in [0.3, 0.4) is 0 Å². The fourth-order valence-electron chi connectivity index (χ4n) is 1.57. The van der Waals surface area contributed by atoms with E-state index in [1.54, 1.807) is 20.8 Å². The van der Waals surface area contributed by atoms with Gasteiger partial charge in [-0.25, -0.2) is 9.18 Å². The molecule has 0 bridgehead atoms. The minimum absolute atomic E-state index is 0.196. The first-order valence-electron chi connectivity index (χ1n) is 5.62. The highest BCUT2D eigenvalue weighted by Crippen LogP contribution is 2.23. The van der Waals surface area contributed by atoms with Crippen molar-refractivity contribution in [2.24, 2.45) is 5.41 Å². The van der Waals surface area contributed by atoms with E-state index in [2.05, 4.69) is 21.2 Å². The van der Waals surface area contributed by atoms with E-state index in [-0.39, 0.29) is 10.0 Å². The highest BCUT2D eigenvalue weighted by atomic mass is 79.9. The summed E-state index contributed by atoms with van der Waals surface area (Å²) in [5.74, 6) is -2.62. The van der Waals surface area contributed by atoms with Crippen LogP contribution >= 0.6 is 15.9 Å². The second-order valence-corrected chi connectivity index (χ2v) is 6.06. The molecule has 0 aliphatic rings. The van der Waals surface area contributed by atoms with Gasteiger partial charge in [-0.1, -0.05) is 26.8 Å². The molecular weight excluding hydrogens is 317 g/mol. The van der Waals surface area contributed by atoms with E-state index >= 15 is 0 Å². The Labute approximate surface area is 119 Å². The van der Waals surface area contributed by atoms with Crippen LogP contribution in [0.15, 0.2) is 22.7 Å². The van der Waals surface area contributed by atoms with Crippen molar-refractivity contribution in [1.29, 1.82) is 0 Å². The lowest BCUT2D eigenvalue weighted by atomic mass is 9.86. The molecule has 1 unspecified atom stereocenters. The molecule has 1 atom stereocenters. The van der Waals surface area contributed by atoms with Crippen molar-refractivity contribution in [1.82, 2.24) is 5.32 Å². The number of benzene rings is 1. The Morgan fingerprint density at radius 1 is 1.37 bits per heavy atom. The van der Waals surface area contributed by atoms with E-state index in [0.717, 1.165) is 6.07 Å². The normalized spacial score (nSPS) is 12.9. The molecule has 19 heavy (non-hydrogen) atoms. The fraction of sp³-hybridized carbons (Fsp3) is 0.385. The number of aliphatic carboxylic acids is 1. The van der Waals surface area contributed by atoms with Crippen LogP contribution in [-0.4, -0.2) is 23.0 Å². The van der Waals surface area contributed by atoms with Gasteiger partial charge in [-0.3, -0.25) is 4.79 Å². The minimum atomic E-state index is -1.16. The summed E-state index contributed by atoms with van der Waals surface area (Å²) in [6, 6.07) is 3.01. The van der Waals surface area contributed by atoms with Crippen LogP contribution in [-0.2, 0) is 4.79 Å². The number of hydrogen-bond acceptors (Lipinski definition) is 2. The molecule has 0 fully saturated rings. The molecule has 6 heteroatoms. The van der Waals surface area contributed by atoms with E-state index in [0.29, 0.717) is 0 Å². The third-order valence-corrected chi connectivity index (χ3v) is 3.24. The van der Waals surface area contributed by atoms with Crippen LogP contribution in [0.25, 0.3) is 0 Å². The van der Waals surface area contributed by atoms with Gasteiger partial charge in [-0.2, -0.15) is 0 Å². The van der Waals surface area contributed by atoms with Gasteiger partial charge in [-0.15, -0.1) is 0 Å². The SMILES string of the molecule is CC(C)(C)C(NC(=O)c1c(F)cccc1Br)C(=O)O. The summed E-state index contributed by atoms with van der Waals surface area (Å²) in [6.07, 6.45) is 0. The zero-order chi connectivity index (χ0) is 14.8. The second kappa shape index (κ2) is 5.69. The van der Waals surface area contributed by atoms with Crippen LogP contribution < -0.4 is 5.32 Å². The molecule has 0 spiro atoms. The highest BCUT2D eigenvalue weighted by molar-refractivity contribution is 9.10. The molecule has 0 saturated heterocycles. The molecule has 2 N–H and O–H groups in total. The second-order valence-electron chi connectivity index (χ2n) is 5.21. The minimum Gasteiger partial charge on any atom is -0.480 e. The maximum absolute atomic E-state index is 13.6.